The fraction of sp³-hybridized carbons (Fsp3) is 0.864. The molecular weight excluding hydrogens is 312 g/mol. The largest absolute Gasteiger partial charge is 0.502 e. The van der Waals surface area contributed by atoms with Crippen LogP contribution in [0.4, 0.5) is 0 Å². The number of ether oxygens (including phenoxy) is 1. The highest BCUT2D eigenvalue weighted by Crippen LogP contribution is 2.13. The van der Waals surface area contributed by atoms with Gasteiger partial charge in [0.25, 0.3) is 0 Å². The summed E-state index contributed by atoms with van der Waals surface area (Å²) in [6.07, 6.45) is 22.6. The lowest BCUT2D eigenvalue weighted by molar-refractivity contribution is -0.142. The average Bonchev–Trinajstić information content (AvgIpc) is 2.63. The highest BCUT2D eigenvalue weighted by Gasteiger charge is 2.06. The Bertz CT molecular complexity index is 323. The van der Waals surface area contributed by atoms with Crippen molar-refractivity contribution in [3.8, 4) is 0 Å². The molecule has 0 saturated heterocycles. The van der Waals surface area contributed by atoms with Crippen LogP contribution in [0.5, 0.6) is 0 Å². The molecule has 0 aliphatic heterocycles. The van der Waals surface area contributed by atoms with Crippen molar-refractivity contribution < 1.29 is 14.6 Å². The van der Waals surface area contributed by atoms with Crippen LogP contribution in [0.15, 0.2) is 11.8 Å². The van der Waals surface area contributed by atoms with E-state index in [1.54, 1.807) is 6.92 Å². The number of carbonyl (C=O) groups is 1. The Labute approximate surface area is 156 Å². The maximum absolute atomic E-state index is 11.2. The monoisotopic (exact) mass is 354 g/mol. The summed E-state index contributed by atoms with van der Waals surface area (Å²) in [5.41, 5.74) is 0. The molecule has 1 N–H and O–H groups in total. The minimum absolute atomic E-state index is 0.295. The van der Waals surface area contributed by atoms with Crippen LogP contribution in [0, 0.1) is 0 Å². The maximum atomic E-state index is 11.2. The first-order valence-corrected chi connectivity index (χ1v) is 10.7. The van der Waals surface area contributed by atoms with Crippen LogP contribution in [0.3, 0.4) is 0 Å². The molecule has 148 valence electrons. The van der Waals surface area contributed by atoms with Crippen LogP contribution in [-0.2, 0) is 9.53 Å². The van der Waals surface area contributed by atoms with E-state index in [-0.39, 0.29) is 5.76 Å². The summed E-state index contributed by atoms with van der Waals surface area (Å²) in [5, 5.41) is 9.15. The van der Waals surface area contributed by atoms with Crippen LogP contribution in [0.1, 0.15) is 117 Å². The van der Waals surface area contributed by atoms with E-state index in [1.807, 2.05) is 0 Å². The van der Waals surface area contributed by atoms with Gasteiger partial charge in [-0.15, -0.1) is 0 Å². The van der Waals surface area contributed by atoms with Crippen molar-refractivity contribution in [1.82, 2.24) is 0 Å². The third kappa shape index (κ3) is 17.6. The quantitative estimate of drug-likeness (QED) is 0.122. The normalized spacial score (nSPS) is 11.7. The average molecular weight is 355 g/mol. The molecule has 0 fully saturated rings. The first kappa shape index (κ1) is 24.0. The van der Waals surface area contributed by atoms with E-state index in [4.69, 9.17) is 9.84 Å². The van der Waals surface area contributed by atoms with Crippen LogP contribution < -0.4 is 0 Å². The van der Waals surface area contributed by atoms with E-state index in [0.29, 0.717) is 6.61 Å². The topological polar surface area (TPSA) is 46.5 Å². The lowest BCUT2D eigenvalue weighted by Crippen LogP contribution is -2.08. The fourth-order valence-corrected chi connectivity index (χ4v) is 3.01. The van der Waals surface area contributed by atoms with Crippen molar-refractivity contribution in [2.75, 3.05) is 6.61 Å². The van der Waals surface area contributed by atoms with Gasteiger partial charge in [0.1, 0.15) is 0 Å². The van der Waals surface area contributed by atoms with Gasteiger partial charge >= 0.3 is 5.97 Å². The molecule has 0 aromatic heterocycles. The Morgan fingerprint density at radius 1 is 0.720 bits per heavy atom. The predicted octanol–water partition coefficient (Wildman–Crippen LogP) is 7.25. The zero-order chi connectivity index (χ0) is 18.6. The molecule has 0 atom stereocenters. The molecule has 0 aromatic rings. The van der Waals surface area contributed by atoms with Gasteiger partial charge in [-0.2, -0.15) is 0 Å². The van der Waals surface area contributed by atoms with Gasteiger partial charge in [-0.3, -0.25) is 0 Å². The maximum Gasteiger partial charge on any atom is 0.373 e. The molecule has 0 radical (unpaired) electrons. The lowest BCUT2D eigenvalue weighted by Gasteiger charge is -2.05. The van der Waals surface area contributed by atoms with Crippen LogP contribution in [0.2, 0.25) is 0 Å². The second kappa shape index (κ2) is 19.3. The van der Waals surface area contributed by atoms with Crippen LogP contribution >= 0.6 is 0 Å². The van der Waals surface area contributed by atoms with Crippen molar-refractivity contribution in [2.24, 2.45) is 0 Å². The summed E-state index contributed by atoms with van der Waals surface area (Å²) in [6.45, 7) is 4.30. The molecule has 0 unspecified atom stereocenters. The summed E-state index contributed by atoms with van der Waals surface area (Å²) >= 11 is 0. The first-order chi connectivity index (χ1) is 12.2. The predicted molar refractivity (Wildman–Crippen MR) is 107 cm³/mol. The Morgan fingerprint density at radius 3 is 1.44 bits per heavy atom. The van der Waals surface area contributed by atoms with Gasteiger partial charge in [-0.1, -0.05) is 103 Å². The third-order valence-corrected chi connectivity index (χ3v) is 4.71. The number of hydrogen-bond acceptors (Lipinski definition) is 3. The molecule has 0 heterocycles. The SMILES string of the molecule is CC=C(O)C(=O)OCCCCCCCCCCCCCCCCCC. The molecule has 0 aromatic carbocycles. The van der Waals surface area contributed by atoms with Gasteiger partial charge in [-0.25, -0.2) is 4.79 Å². The van der Waals surface area contributed by atoms with E-state index in [2.05, 4.69) is 6.92 Å². The van der Waals surface area contributed by atoms with E-state index in [9.17, 15) is 4.79 Å². The van der Waals surface area contributed by atoms with Crippen LogP contribution in [-0.4, -0.2) is 17.7 Å². The van der Waals surface area contributed by atoms with Gasteiger partial charge < -0.3 is 9.84 Å². The molecular formula is C22H42O3. The standard InChI is InChI=1S/C22H42O3/c1-3-5-6-7-8-9-10-11-12-13-14-15-16-17-18-19-20-25-22(24)21(23)4-2/h4,23H,3,5-20H2,1-2H3. The summed E-state index contributed by atoms with van der Waals surface area (Å²) in [6, 6.07) is 0. The molecule has 0 saturated carbocycles. The number of allylic oxidation sites excluding steroid dienone is 1. The van der Waals surface area contributed by atoms with Crippen molar-refractivity contribution in [2.45, 2.75) is 117 Å². The molecule has 0 aliphatic carbocycles. The van der Waals surface area contributed by atoms with Crippen molar-refractivity contribution in [1.29, 1.82) is 0 Å². The number of aliphatic hydroxyl groups is 1. The zero-order valence-corrected chi connectivity index (χ0v) is 16.9. The number of carbonyl (C=O) groups excluding carboxylic acids is 1. The first-order valence-electron chi connectivity index (χ1n) is 10.7. The number of esters is 1. The van der Waals surface area contributed by atoms with E-state index >= 15 is 0 Å². The summed E-state index contributed by atoms with van der Waals surface area (Å²) < 4.78 is 4.96. The molecule has 0 aliphatic rings. The zero-order valence-electron chi connectivity index (χ0n) is 16.9. The van der Waals surface area contributed by atoms with Gasteiger partial charge in [0, 0.05) is 0 Å². The summed E-state index contributed by atoms with van der Waals surface area (Å²) in [7, 11) is 0. The van der Waals surface area contributed by atoms with Gasteiger partial charge in [0.15, 0.2) is 5.76 Å². The van der Waals surface area contributed by atoms with E-state index in [1.165, 1.54) is 96.0 Å². The minimum atomic E-state index is -0.608. The number of rotatable bonds is 18. The van der Waals surface area contributed by atoms with E-state index in [0.717, 1.165) is 12.8 Å². The minimum Gasteiger partial charge on any atom is -0.502 e. The molecule has 0 bridgehead atoms. The second-order valence-electron chi connectivity index (χ2n) is 7.11. The Hall–Kier alpha value is -0.990. The van der Waals surface area contributed by atoms with Crippen molar-refractivity contribution in [3.05, 3.63) is 11.8 Å². The smallest absolute Gasteiger partial charge is 0.373 e. The number of unbranched alkanes of at least 4 members (excludes halogenated alkanes) is 15. The molecule has 0 amide bonds. The van der Waals surface area contributed by atoms with Gasteiger partial charge in [-0.05, 0) is 19.4 Å². The highest BCUT2D eigenvalue weighted by molar-refractivity contribution is 5.85. The van der Waals surface area contributed by atoms with E-state index < -0.39 is 5.97 Å². The molecule has 0 spiro atoms. The lowest BCUT2D eigenvalue weighted by atomic mass is 10.0. The highest BCUT2D eigenvalue weighted by atomic mass is 16.5. The molecule has 3 nitrogen and oxygen atoms in total. The fourth-order valence-electron chi connectivity index (χ4n) is 3.01. The number of aliphatic hydroxyl groups excluding tert-OH is 1. The Balaban J connectivity index is 3.11. The summed E-state index contributed by atoms with van der Waals surface area (Å²) in [5.74, 6) is -0.903. The Kier molecular flexibility index (Phi) is 18.6. The van der Waals surface area contributed by atoms with Crippen molar-refractivity contribution in [3.63, 3.8) is 0 Å². The van der Waals surface area contributed by atoms with Crippen molar-refractivity contribution >= 4 is 5.97 Å². The van der Waals surface area contributed by atoms with Gasteiger partial charge in [0.05, 0.1) is 6.61 Å². The summed E-state index contributed by atoms with van der Waals surface area (Å²) in [4.78, 5) is 11.2. The number of hydrogen-bond donors (Lipinski definition) is 1. The second-order valence-corrected chi connectivity index (χ2v) is 7.11. The van der Waals surface area contributed by atoms with Gasteiger partial charge in [0.2, 0.25) is 0 Å². The van der Waals surface area contributed by atoms with Crippen LogP contribution in [0.25, 0.3) is 0 Å². The molecule has 3 heteroatoms. The third-order valence-electron chi connectivity index (χ3n) is 4.71. The molecule has 0 rings (SSSR count). The Morgan fingerprint density at radius 2 is 1.08 bits per heavy atom. The molecule has 25 heavy (non-hydrogen) atoms.